The van der Waals surface area contributed by atoms with Crippen molar-refractivity contribution in [3.8, 4) is 0 Å². The van der Waals surface area contributed by atoms with Crippen LogP contribution in [0.1, 0.15) is 22.4 Å². The van der Waals surface area contributed by atoms with E-state index in [1.54, 1.807) is 6.33 Å². The van der Waals surface area contributed by atoms with Gasteiger partial charge in [-0.2, -0.15) is 14.6 Å². The van der Waals surface area contributed by atoms with Crippen molar-refractivity contribution < 1.29 is 0 Å². The molecule has 2 aromatic heterocycles. The van der Waals surface area contributed by atoms with Crippen LogP contribution in [-0.4, -0.2) is 45.8 Å². The van der Waals surface area contributed by atoms with Crippen molar-refractivity contribution in [2.24, 2.45) is 0 Å². The largest absolute Gasteiger partial charge is 0.368 e. The maximum absolute atomic E-state index is 4.53. The molecule has 0 radical (unpaired) electrons. The van der Waals surface area contributed by atoms with Gasteiger partial charge in [0, 0.05) is 43.1 Å². The maximum atomic E-state index is 4.53. The van der Waals surface area contributed by atoms with Crippen molar-refractivity contribution in [1.82, 2.24) is 19.6 Å². The minimum atomic E-state index is 0.676. The van der Waals surface area contributed by atoms with Crippen LogP contribution in [-0.2, 0) is 0 Å². The third kappa shape index (κ3) is 2.62. The highest BCUT2D eigenvalue weighted by molar-refractivity contribution is 5.59. The van der Waals surface area contributed by atoms with Crippen LogP contribution in [0.4, 0.5) is 11.5 Å². The van der Waals surface area contributed by atoms with Crippen LogP contribution >= 0.6 is 0 Å². The summed E-state index contributed by atoms with van der Waals surface area (Å²) in [7, 11) is 0. The molecule has 1 aliphatic rings. The highest BCUT2D eigenvalue weighted by Gasteiger charge is 2.23. The lowest BCUT2D eigenvalue weighted by molar-refractivity contribution is 0.635. The summed E-state index contributed by atoms with van der Waals surface area (Å²) in [6, 6.07) is 6.56. The number of fused-ring (bicyclic) bond motifs is 1. The predicted molar refractivity (Wildman–Crippen MR) is 101 cm³/mol. The smallest absolute Gasteiger partial charge is 0.254 e. The zero-order chi connectivity index (χ0) is 17.6. The predicted octanol–water partition coefficient (Wildman–Crippen LogP) is 2.68. The molecule has 0 amide bonds. The molecule has 3 aromatic rings. The van der Waals surface area contributed by atoms with Crippen LogP contribution in [0, 0.1) is 27.7 Å². The highest BCUT2D eigenvalue weighted by atomic mass is 15.4. The van der Waals surface area contributed by atoms with Gasteiger partial charge in [-0.3, -0.25) is 0 Å². The molecule has 0 saturated carbocycles. The summed E-state index contributed by atoms with van der Waals surface area (Å²) in [5.74, 6) is 1.80. The number of hydrogen-bond donors (Lipinski definition) is 0. The second-order valence-electron chi connectivity index (χ2n) is 6.81. The number of nitrogens with zero attached hydrogens (tertiary/aromatic N) is 6. The second-order valence-corrected chi connectivity index (χ2v) is 6.81. The molecule has 25 heavy (non-hydrogen) atoms. The Hall–Kier alpha value is -2.63. The third-order valence-electron chi connectivity index (χ3n) is 5.37. The molecular formula is C19H24N6. The van der Waals surface area contributed by atoms with Gasteiger partial charge in [-0.05, 0) is 44.9 Å². The Morgan fingerprint density at radius 3 is 2.36 bits per heavy atom. The van der Waals surface area contributed by atoms with E-state index in [1.807, 2.05) is 11.4 Å². The minimum absolute atomic E-state index is 0.676. The Morgan fingerprint density at radius 1 is 0.880 bits per heavy atom. The summed E-state index contributed by atoms with van der Waals surface area (Å²) in [6.45, 7) is 12.5. The van der Waals surface area contributed by atoms with Crippen molar-refractivity contribution >= 4 is 17.3 Å². The van der Waals surface area contributed by atoms with Gasteiger partial charge in [0.2, 0.25) is 0 Å². The van der Waals surface area contributed by atoms with Gasteiger partial charge >= 0.3 is 0 Å². The first-order chi connectivity index (χ1) is 12.1. The summed E-state index contributed by atoms with van der Waals surface area (Å²) < 4.78 is 1.87. The fraction of sp³-hybridized carbons (Fsp3) is 0.421. The number of aromatic nitrogens is 4. The van der Waals surface area contributed by atoms with Crippen molar-refractivity contribution in [2.75, 3.05) is 36.0 Å². The molecule has 1 aliphatic heterocycles. The number of benzene rings is 1. The quantitative estimate of drug-likeness (QED) is 0.720. The number of rotatable bonds is 2. The maximum Gasteiger partial charge on any atom is 0.254 e. The van der Waals surface area contributed by atoms with Gasteiger partial charge in [-0.1, -0.05) is 12.1 Å². The van der Waals surface area contributed by atoms with Crippen molar-refractivity contribution in [3.05, 3.63) is 46.9 Å². The lowest BCUT2D eigenvalue weighted by Gasteiger charge is -2.38. The van der Waals surface area contributed by atoms with E-state index in [0.717, 1.165) is 37.7 Å². The molecule has 0 N–H and O–H groups in total. The molecule has 0 bridgehead atoms. The van der Waals surface area contributed by atoms with Crippen LogP contribution in [0.15, 0.2) is 24.5 Å². The highest BCUT2D eigenvalue weighted by Crippen LogP contribution is 2.27. The zero-order valence-corrected chi connectivity index (χ0v) is 15.3. The Bertz CT molecular complexity index is 921. The van der Waals surface area contributed by atoms with Crippen LogP contribution in [0.25, 0.3) is 5.78 Å². The summed E-state index contributed by atoms with van der Waals surface area (Å²) in [5.41, 5.74) is 6.29. The molecule has 0 unspecified atom stereocenters. The molecule has 3 heterocycles. The molecule has 6 heteroatoms. The first kappa shape index (κ1) is 15.9. The van der Waals surface area contributed by atoms with Gasteiger partial charge in [0.15, 0.2) is 0 Å². The Labute approximate surface area is 148 Å². The lowest BCUT2D eigenvalue weighted by Crippen LogP contribution is -2.47. The van der Waals surface area contributed by atoms with Crippen LogP contribution in [0.5, 0.6) is 0 Å². The molecule has 0 atom stereocenters. The molecular weight excluding hydrogens is 312 g/mol. The normalized spacial score (nSPS) is 15.2. The van der Waals surface area contributed by atoms with Crippen LogP contribution in [0.2, 0.25) is 0 Å². The van der Waals surface area contributed by atoms with Gasteiger partial charge in [0.1, 0.15) is 12.1 Å². The van der Waals surface area contributed by atoms with Gasteiger partial charge < -0.3 is 9.80 Å². The van der Waals surface area contributed by atoms with E-state index >= 15 is 0 Å². The van der Waals surface area contributed by atoms with Gasteiger partial charge in [-0.15, -0.1) is 0 Å². The second kappa shape index (κ2) is 6.02. The topological polar surface area (TPSA) is 49.6 Å². The number of aryl methyl sites for hydroxylation is 2. The van der Waals surface area contributed by atoms with Gasteiger partial charge in [0.25, 0.3) is 5.78 Å². The SMILES string of the molecule is Cc1cccc(N2CCN(c3c(C)c(C)nc4ncnn34)CC2)c1C. The molecule has 130 valence electrons. The first-order valence-electron chi connectivity index (χ1n) is 8.79. The van der Waals surface area contributed by atoms with Crippen LogP contribution < -0.4 is 9.80 Å². The van der Waals surface area contributed by atoms with E-state index in [-0.39, 0.29) is 0 Å². The van der Waals surface area contributed by atoms with E-state index in [4.69, 9.17) is 0 Å². The zero-order valence-electron chi connectivity index (χ0n) is 15.3. The number of piperazine rings is 1. The summed E-state index contributed by atoms with van der Waals surface area (Å²) in [6.07, 6.45) is 1.58. The van der Waals surface area contributed by atoms with E-state index in [9.17, 15) is 0 Å². The molecule has 1 saturated heterocycles. The minimum Gasteiger partial charge on any atom is -0.368 e. The van der Waals surface area contributed by atoms with Crippen molar-refractivity contribution in [3.63, 3.8) is 0 Å². The fourth-order valence-corrected chi connectivity index (χ4v) is 3.62. The van der Waals surface area contributed by atoms with Gasteiger partial charge in [-0.25, -0.2) is 4.98 Å². The van der Waals surface area contributed by atoms with E-state index < -0.39 is 0 Å². The standard InChI is InChI=1S/C19H24N6/c1-13-6-5-7-17(14(13)2)23-8-10-24(11-9-23)18-15(3)16(4)22-19-20-12-21-25(18)19/h5-7,12H,8-11H2,1-4H3. The molecule has 4 rings (SSSR count). The average molecular weight is 336 g/mol. The van der Waals surface area contributed by atoms with Crippen molar-refractivity contribution in [2.45, 2.75) is 27.7 Å². The van der Waals surface area contributed by atoms with Gasteiger partial charge in [0.05, 0.1) is 0 Å². The monoisotopic (exact) mass is 336 g/mol. The average Bonchev–Trinajstić information content (AvgIpc) is 3.06. The molecule has 1 aromatic carbocycles. The third-order valence-corrected chi connectivity index (χ3v) is 5.37. The first-order valence-corrected chi connectivity index (χ1v) is 8.79. The van der Waals surface area contributed by atoms with Crippen LogP contribution in [0.3, 0.4) is 0 Å². The molecule has 1 fully saturated rings. The Morgan fingerprint density at radius 2 is 1.60 bits per heavy atom. The van der Waals surface area contributed by atoms with E-state index in [1.165, 1.54) is 22.4 Å². The van der Waals surface area contributed by atoms with E-state index in [2.05, 4.69) is 63.8 Å². The fourth-order valence-electron chi connectivity index (χ4n) is 3.62. The summed E-state index contributed by atoms with van der Waals surface area (Å²) >= 11 is 0. The molecule has 0 spiro atoms. The van der Waals surface area contributed by atoms with E-state index in [0.29, 0.717) is 5.78 Å². The summed E-state index contributed by atoms with van der Waals surface area (Å²) in [4.78, 5) is 13.7. The van der Waals surface area contributed by atoms with Crippen molar-refractivity contribution in [1.29, 1.82) is 0 Å². The summed E-state index contributed by atoms with van der Waals surface area (Å²) in [5, 5.41) is 4.39. The molecule has 6 nitrogen and oxygen atoms in total. The Kier molecular flexibility index (Phi) is 3.82. The molecule has 0 aliphatic carbocycles. The lowest BCUT2D eigenvalue weighted by atomic mass is 10.1. The Balaban J connectivity index is 1.62. The number of anilines is 2. The number of hydrogen-bond acceptors (Lipinski definition) is 5.